The van der Waals surface area contributed by atoms with Crippen molar-refractivity contribution in [3.63, 3.8) is 0 Å². The monoisotopic (exact) mass is 339 g/mol. The molecule has 25 heavy (non-hydrogen) atoms. The van der Waals surface area contributed by atoms with Crippen LogP contribution in [0, 0.1) is 16.7 Å². The Morgan fingerprint density at radius 2 is 1.24 bits per heavy atom. The third-order valence-electron chi connectivity index (χ3n) is 6.06. The minimum absolute atomic E-state index is 0.0505. The maximum atomic E-state index is 10.8. The normalized spacial score (nSPS) is 28.0. The first-order chi connectivity index (χ1) is 12.0. The van der Waals surface area contributed by atoms with Crippen molar-refractivity contribution in [1.29, 1.82) is 0 Å². The van der Waals surface area contributed by atoms with Gasteiger partial charge in [-0.1, -0.05) is 12.1 Å². The molecule has 0 saturated heterocycles. The molecule has 2 aliphatic rings. The molecule has 2 atom stereocenters. The Balaban J connectivity index is 1.47. The lowest BCUT2D eigenvalue weighted by molar-refractivity contribution is 0.402. The number of nitrogens with zero attached hydrogens (tertiary/aromatic N) is 1. The summed E-state index contributed by atoms with van der Waals surface area (Å²) in [5.74, 6) is 1.91. The first-order valence-corrected chi connectivity index (χ1v) is 8.73. The van der Waals surface area contributed by atoms with E-state index in [4.69, 9.17) is 0 Å². The van der Waals surface area contributed by atoms with Gasteiger partial charge in [-0.3, -0.25) is 0 Å². The minimum atomic E-state index is -0.0751. The molecule has 2 unspecified atom stereocenters. The summed E-state index contributed by atoms with van der Waals surface area (Å²) in [5, 5.41) is 31.7. The zero-order valence-corrected chi connectivity index (χ0v) is 13.8. The van der Waals surface area contributed by atoms with Crippen molar-refractivity contribution in [3.05, 3.63) is 52.4 Å². The van der Waals surface area contributed by atoms with E-state index in [9.17, 15) is 20.2 Å². The molecule has 2 fully saturated rings. The maximum absolute atomic E-state index is 10.8. The van der Waals surface area contributed by atoms with Gasteiger partial charge in [0.2, 0.25) is 0 Å². The van der Waals surface area contributed by atoms with E-state index in [1.165, 1.54) is 0 Å². The summed E-state index contributed by atoms with van der Waals surface area (Å²) >= 11 is 0. The van der Waals surface area contributed by atoms with Gasteiger partial charge in [-0.25, -0.2) is 0 Å². The van der Waals surface area contributed by atoms with Crippen molar-refractivity contribution in [3.8, 4) is 17.2 Å². The summed E-state index contributed by atoms with van der Waals surface area (Å²) in [4.78, 5) is 10.8. The SMILES string of the molecule is O=Nc1cc(C2CC3CC(c4ccc(O)c(O)c4)CC3C2)ccc1O. The molecule has 0 spiro atoms. The van der Waals surface area contributed by atoms with Gasteiger partial charge in [0.25, 0.3) is 0 Å². The van der Waals surface area contributed by atoms with Gasteiger partial charge >= 0.3 is 0 Å². The molecule has 0 amide bonds. The third-order valence-corrected chi connectivity index (χ3v) is 6.06. The van der Waals surface area contributed by atoms with Crippen LogP contribution in [0.25, 0.3) is 0 Å². The number of phenols is 3. The lowest BCUT2D eigenvalue weighted by atomic mass is 9.89. The van der Waals surface area contributed by atoms with Crippen LogP contribution in [0.1, 0.15) is 48.6 Å². The number of phenolic OH excluding ortho intramolecular Hbond substituents is 3. The average molecular weight is 339 g/mol. The fraction of sp³-hybridized carbons (Fsp3) is 0.400. The largest absolute Gasteiger partial charge is 0.506 e. The molecule has 5 nitrogen and oxygen atoms in total. The second-order valence-electron chi connectivity index (χ2n) is 7.44. The molecule has 2 aliphatic carbocycles. The molecule has 5 heteroatoms. The van der Waals surface area contributed by atoms with Gasteiger partial charge < -0.3 is 15.3 Å². The predicted molar refractivity (Wildman–Crippen MR) is 94.3 cm³/mol. The molecule has 2 aromatic rings. The Hall–Kier alpha value is -2.56. The van der Waals surface area contributed by atoms with Gasteiger partial charge in [-0.05, 0) is 89.9 Å². The first-order valence-electron chi connectivity index (χ1n) is 8.73. The van der Waals surface area contributed by atoms with Crippen molar-refractivity contribution >= 4 is 5.69 Å². The van der Waals surface area contributed by atoms with E-state index in [0.29, 0.717) is 23.7 Å². The fourth-order valence-corrected chi connectivity index (χ4v) is 4.82. The molecule has 130 valence electrons. The number of benzene rings is 2. The van der Waals surface area contributed by atoms with E-state index >= 15 is 0 Å². The summed E-state index contributed by atoms with van der Waals surface area (Å²) in [6, 6.07) is 10.3. The van der Waals surface area contributed by atoms with Crippen LogP contribution in [0.2, 0.25) is 0 Å². The third kappa shape index (κ3) is 2.84. The summed E-state index contributed by atoms with van der Waals surface area (Å²) in [7, 11) is 0. The van der Waals surface area contributed by atoms with E-state index in [1.807, 2.05) is 12.1 Å². The highest BCUT2D eigenvalue weighted by Gasteiger charge is 2.42. The Morgan fingerprint density at radius 3 is 1.76 bits per heavy atom. The summed E-state index contributed by atoms with van der Waals surface area (Å²) in [5.41, 5.74) is 2.30. The second kappa shape index (κ2) is 6.06. The van der Waals surface area contributed by atoms with Crippen LogP contribution in [0.3, 0.4) is 0 Å². The van der Waals surface area contributed by atoms with Crippen molar-refractivity contribution < 1.29 is 15.3 Å². The van der Waals surface area contributed by atoms with Gasteiger partial charge in [0.05, 0.1) is 0 Å². The Labute approximate surface area is 145 Å². The maximum Gasteiger partial charge on any atom is 0.157 e. The summed E-state index contributed by atoms with van der Waals surface area (Å²) in [6.45, 7) is 0. The quantitative estimate of drug-likeness (QED) is 0.548. The van der Waals surface area contributed by atoms with Crippen LogP contribution < -0.4 is 0 Å². The van der Waals surface area contributed by atoms with Crippen molar-refractivity contribution in [2.45, 2.75) is 37.5 Å². The van der Waals surface area contributed by atoms with E-state index in [0.717, 1.165) is 36.8 Å². The number of nitroso groups, excluding NO2 is 1. The molecule has 2 aromatic carbocycles. The van der Waals surface area contributed by atoms with Gasteiger partial charge in [0, 0.05) is 0 Å². The van der Waals surface area contributed by atoms with Crippen LogP contribution in [0.5, 0.6) is 17.2 Å². The Bertz CT molecular complexity index is 805. The number of aromatic hydroxyl groups is 3. The lowest BCUT2D eigenvalue weighted by Gasteiger charge is -2.16. The molecule has 0 radical (unpaired) electrons. The molecule has 4 rings (SSSR count). The highest BCUT2D eigenvalue weighted by molar-refractivity contribution is 5.53. The van der Waals surface area contributed by atoms with Crippen LogP contribution in [-0.2, 0) is 0 Å². The fourth-order valence-electron chi connectivity index (χ4n) is 4.82. The standard InChI is InChI=1S/C20H21NO4/c22-18-3-1-11(9-17(18)21-25)13-5-15-7-14(8-16(15)6-13)12-2-4-19(23)20(24)10-12/h1-4,9-10,13-16,22-24H,5-8H2. The van der Waals surface area contributed by atoms with Crippen LogP contribution in [-0.4, -0.2) is 15.3 Å². The summed E-state index contributed by atoms with van der Waals surface area (Å²) in [6.07, 6.45) is 4.33. The molecule has 0 aliphatic heterocycles. The van der Waals surface area contributed by atoms with E-state index < -0.39 is 0 Å². The van der Waals surface area contributed by atoms with Crippen LogP contribution in [0.15, 0.2) is 41.6 Å². The van der Waals surface area contributed by atoms with E-state index in [-0.39, 0.29) is 22.9 Å². The highest BCUT2D eigenvalue weighted by Crippen LogP contribution is 2.55. The molecular formula is C20H21NO4. The van der Waals surface area contributed by atoms with E-state index in [2.05, 4.69) is 5.18 Å². The topological polar surface area (TPSA) is 90.1 Å². The van der Waals surface area contributed by atoms with Crippen molar-refractivity contribution in [1.82, 2.24) is 0 Å². The molecule has 2 saturated carbocycles. The molecule has 0 aromatic heterocycles. The molecule has 0 heterocycles. The van der Waals surface area contributed by atoms with Crippen LogP contribution >= 0.6 is 0 Å². The van der Waals surface area contributed by atoms with Crippen LogP contribution in [0.4, 0.5) is 5.69 Å². The minimum Gasteiger partial charge on any atom is -0.506 e. The van der Waals surface area contributed by atoms with Gasteiger partial charge in [0.1, 0.15) is 11.4 Å². The van der Waals surface area contributed by atoms with Gasteiger partial charge in [0.15, 0.2) is 11.5 Å². The zero-order valence-electron chi connectivity index (χ0n) is 13.8. The smallest absolute Gasteiger partial charge is 0.157 e. The van der Waals surface area contributed by atoms with E-state index in [1.54, 1.807) is 24.3 Å². The Kier molecular flexibility index (Phi) is 3.86. The van der Waals surface area contributed by atoms with Crippen molar-refractivity contribution in [2.75, 3.05) is 0 Å². The number of fused-ring (bicyclic) bond motifs is 1. The molecule has 3 N–H and O–H groups in total. The van der Waals surface area contributed by atoms with Crippen molar-refractivity contribution in [2.24, 2.45) is 17.0 Å². The number of rotatable bonds is 3. The van der Waals surface area contributed by atoms with Gasteiger partial charge in [-0.2, -0.15) is 0 Å². The zero-order chi connectivity index (χ0) is 17.6. The number of hydrogen-bond donors (Lipinski definition) is 3. The Morgan fingerprint density at radius 1 is 0.720 bits per heavy atom. The first kappa shape index (κ1) is 15.9. The second-order valence-corrected chi connectivity index (χ2v) is 7.44. The lowest BCUT2D eigenvalue weighted by Crippen LogP contribution is -1.99. The summed E-state index contributed by atoms with van der Waals surface area (Å²) < 4.78 is 0. The highest BCUT2D eigenvalue weighted by atomic mass is 16.3. The average Bonchev–Trinajstić information content (AvgIpc) is 3.17. The van der Waals surface area contributed by atoms with Gasteiger partial charge in [-0.15, -0.1) is 4.91 Å². The number of hydrogen-bond acceptors (Lipinski definition) is 5. The molecule has 0 bridgehead atoms. The predicted octanol–water partition coefficient (Wildman–Crippen LogP) is 4.89. The molecular weight excluding hydrogens is 318 g/mol.